The smallest absolute Gasteiger partial charge is 0.306 e. The molecule has 0 radical (unpaired) electrons. The molecule has 2 aromatic carbocycles. The Morgan fingerprint density at radius 3 is 2.18 bits per heavy atom. The third-order valence-electron chi connectivity index (χ3n) is 4.59. The summed E-state index contributed by atoms with van der Waals surface area (Å²) >= 11 is 0. The lowest BCUT2D eigenvalue weighted by Crippen LogP contribution is -2.42. The van der Waals surface area contributed by atoms with E-state index in [1.54, 1.807) is 17.0 Å². The second-order valence-corrected chi connectivity index (χ2v) is 6.52. The maximum Gasteiger partial charge on any atom is 0.306 e. The Morgan fingerprint density at radius 2 is 1.50 bits per heavy atom. The summed E-state index contributed by atoms with van der Waals surface area (Å²) < 4.78 is 10.2. The minimum atomic E-state index is -0.545. The second kappa shape index (κ2) is 9.80. The number of amides is 1. The molecular formula is C22H23NO5. The molecular weight excluding hydrogens is 358 g/mol. The van der Waals surface area contributed by atoms with E-state index in [9.17, 15) is 14.4 Å². The first kappa shape index (κ1) is 19.8. The first-order chi connectivity index (χ1) is 13.6. The van der Waals surface area contributed by atoms with Crippen LogP contribution in [0.25, 0.3) is 11.1 Å². The molecule has 2 aromatic rings. The van der Waals surface area contributed by atoms with E-state index in [-0.39, 0.29) is 31.1 Å². The van der Waals surface area contributed by atoms with Crippen molar-refractivity contribution in [3.63, 3.8) is 0 Å². The summed E-state index contributed by atoms with van der Waals surface area (Å²) in [5, 5.41) is 0. The number of nitrogens with zero attached hydrogens (tertiary/aromatic N) is 1. The minimum Gasteiger partial charge on any atom is -0.456 e. The summed E-state index contributed by atoms with van der Waals surface area (Å²) in [5.41, 5.74) is 2.66. The number of carbonyl (C=O) groups excluding carboxylic acids is 3. The summed E-state index contributed by atoms with van der Waals surface area (Å²) in [4.78, 5) is 37.7. The van der Waals surface area contributed by atoms with E-state index in [2.05, 4.69) is 0 Å². The molecule has 1 amide bonds. The molecule has 1 aliphatic rings. The van der Waals surface area contributed by atoms with Crippen LogP contribution in [0.15, 0.2) is 54.6 Å². The number of morpholine rings is 1. The molecule has 0 atom stereocenters. The van der Waals surface area contributed by atoms with Crippen molar-refractivity contribution in [2.24, 2.45) is 0 Å². The van der Waals surface area contributed by atoms with E-state index in [4.69, 9.17) is 9.47 Å². The topological polar surface area (TPSA) is 72.9 Å². The number of hydrogen-bond acceptors (Lipinski definition) is 5. The van der Waals surface area contributed by atoms with Crippen molar-refractivity contribution < 1.29 is 23.9 Å². The van der Waals surface area contributed by atoms with Gasteiger partial charge in [-0.2, -0.15) is 0 Å². The third kappa shape index (κ3) is 5.50. The van der Waals surface area contributed by atoms with Crippen LogP contribution in [0.5, 0.6) is 0 Å². The maximum atomic E-state index is 12.3. The number of ketones is 1. The van der Waals surface area contributed by atoms with E-state index in [1.807, 2.05) is 42.5 Å². The minimum absolute atomic E-state index is 0.0460. The molecule has 6 heteroatoms. The Morgan fingerprint density at radius 1 is 0.857 bits per heavy atom. The quantitative estimate of drug-likeness (QED) is 0.545. The number of rotatable bonds is 7. The van der Waals surface area contributed by atoms with Crippen LogP contribution in [0.4, 0.5) is 0 Å². The second-order valence-electron chi connectivity index (χ2n) is 6.52. The molecule has 1 fully saturated rings. The van der Waals surface area contributed by atoms with Gasteiger partial charge in [-0.1, -0.05) is 54.6 Å². The fourth-order valence-electron chi connectivity index (χ4n) is 2.96. The average Bonchev–Trinajstić information content (AvgIpc) is 2.77. The van der Waals surface area contributed by atoms with Gasteiger partial charge in [0.1, 0.15) is 0 Å². The lowest BCUT2D eigenvalue weighted by molar-refractivity contribution is -0.153. The lowest BCUT2D eigenvalue weighted by Gasteiger charge is -2.26. The molecule has 0 aromatic heterocycles. The van der Waals surface area contributed by atoms with Gasteiger partial charge in [0.2, 0.25) is 0 Å². The summed E-state index contributed by atoms with van der Waals surface area (Å²) in [6.07, 6.45) is 0.00488. The monoisotopic (exact) mass is 381 g/mol. The fourth-order valence-corrected chi connectivity index (χ4v) is 2.96. The van der Waals surface area contributed by atoms with E-state index in [1.165, 1.54) is 0 Å². The largest absolute Gasteiger partial charge is 0.456 e. The molecule has 6 nitrogen and oxygen atoms in total. The van der Waals surface area contributed by atoms with Crippen LogP contribution in [0.3, 0.4) is 0 Å². The zero-order chi connectivity index (χ0) is 19.8. The Hall–Kier alpha value is -2.99. The van der Waals surface area contributed by atoms with Crippen molar-refractivity contribution in [3.05, 3.63) is 60.2 Å². The van der Waals surface area contributed by atoms with Crippen LogP contribution in [-0.2, 0) is 19.1 Å². The van der Waals surface area contributed by atoms with Gasteiger partial charge < -0.3 is 14.4 Å². The molecule has 0 unspecified atom stereocenters. The third-order valence-corrected chi connectivity index (χ3v) is 4.59. The molecule has 1 aliphatic heterocycles. The summed E-state index contributed by atoms with van der Waals surface area (Å²) in [7, 11) is 0. The highest BCUT2D eigenvalue weighted by Gasteiger charge is 2.18. The number of esters is 1. The fraction of sp³-hybridized carbons (Fsp3) is 0.318. The number of carbonyl (C=O) groups is 3. The number of hydrogen-bond donors (Lipinski definition) is 0. The van der Waals surface area contributed by atoms with Gasteiger partial charge in [-0.15, -0.1) is 0 Å². The van der Waals surface area contributed by atoms with Gasteiger partial charge in [0.25, 0.3) is 5.91 Å². The number of benzene rings is 2. The van der Waals surface area contributed by atoms with Crippen LogP contribution in [0.1, 0.15) is 23.2 Å². The van der Waals surface area contributed by atoms with Crippen molar-refractivity contribution in [1.82, 2.24) is 4.90 Å². The molecule has 0 saturated carbocycles. The van der Waals surface area contributed by atoms with Gasteiger partial charge in [0, 0.05) is 25.1 Å². The van der Waals surface area contributed by atoms with E-state index >= 15 is 0 Å². The highest BCUT2D eigenvalue weighted by atomic mass is 16.5. The van der Waals surface area contributed by atoms with Gasteiger partial charge >= 0.3 is 5.97 Å². The lowest BCUT2D eigenvalue weighted by atomic mass is 10.0. The first-order valence-corrected chi connectivity index (χ1v) is 9.33. The van der Waals surface area contributed by atoms with Gasteiger partial charge in [-0.25, -0.2) is 0 Å². The van der Waals surface area contributed by atoms with Gasteiger partial charge in [0.05, 0.1) is 19.6 Å². The maximum absolute atomic E-state index is 12.3. The van der Waals surface area contributed by atoms with Crippen molar-refractivity contribution in [3.8, 4) is 11.1 Å². The van der Waals surface area contributed by atoms with Gasteiger partial charge in [-0.05, 0) is 11.1 Å². The van der Waals surface area contributed by atoms with E-state index < -0.39 is 5.97 Å². The van der Waals surface area contributed by atoms with Crippen LogP contribution < -0.4 is 0 Å². The van der Waals surface area contributed by atoms with Crippen molar-refractivity contribution in [1.29, 1.82) is 0 Å². The molecule has 0 bridgehead atoms. The van der Waals surface area contributed by atoms with Gasteiger partial charge in [-0.3, -0.25) is 14.4 Å². The predicted octanol–water partition coefficient (Wildman–Crippen LogP) is 2.72. The first-order valence-electron chi connectivity index (χ1n) is 9.33. The molecule has 0 spiro atoms. The Balaban J connectivity index is 1.43. The number of Topliss-reactive ketones (excluding diaryl/α,β-unsaturated/α-hetero) is 1. The normalized spacial score (nSPS) is 13.8. The standard InChI is InChI=1S/C22H23NO5/c24-20(19-8-6-18(7-9-19)17-4-2-1-3-5-17)10-11-22(26)28-16-21(25)23-12-14-27-15-13-23/h1-9H,10-16H2. The summed E-state index contributed by atoms with van der Waals surface area (Å²) in [6.45, 7) is 1.72. The van der Waals surface area contributed by atoms with Crippen LogP contribution in [0, 0.1) is 0 Å². The van der Waals surface area contributed by atoms with Crippen molar-refractivity contribution in [2.75, 3.05) is 32.9 Å². The Kier molecular flexibility index (Phi) is 6.92. The van der Waals surface area contributed by atoms with Crippen LogP contribution in [-0.4, -0.2) is 55.5 Å². The van der Waals surface area contributed by atoms with Crippen LogP contribution >= 0.6 is 0 Å². The molecule has 28 heavy (non-hydrogen) atoms. The highest BCUT2D eigenvalue weighted by Crippen LogP contribution is 2.20. The van der Waals surface area contributed by atoms with Gasteiger partial charge in [0.15, 0.2) is 12.4 Å². The average molecular weight is 381 g/mol. The SMILES string of the molecule is O=C(CCC(=O)c1ccc(-c2ccccc2)cc1)OCC(=O)N1CCOCC1. The highest BCUT2D eigenvalue weighted by molar-refractivity contribution is 5.98. The Labute approximate surface area is 164 Å². The van der Waals surface area contributed by atoms with Crippen molar-refractivity contribution >= 4 is 17.7 Å². The zero-order valence-electron chi connectivity index (χ0n) is 15.6. The molecule has 1 saturated heterocycles. The van der Waals surface area contributed by atoms with Crippen LogP contribution in [0.2, 0.25) is 0 Å². The Bertz CT molecular complexity index is 811. The van der Waals surface area contributed by atoms with E-state index in [0.717, 1.165) is 11.1 Å². The molecule has 0 N–H and O–H groups in total. The molecule has 0 aliphatic carbocycles. The van der Waals surface area contributed by atoms with E-state index in [0.29, 0.717) is 31.9 Å². The number of ether oxygens (including phenoxy) is 2. The molecule has 1 heterocycles. The molecule has 146 valence electrons. The summed E-state index contributed by atoms with van der Waals surface area (Å²) in [6, 6.07) is 17.2. The van der Waals surface area contributed by atoms with Crippen molar-refractivity contribution in [2.45, 2.75) is 12.8 Å². The zero-order valence-corrected chi connectivity index (χ0v) is 15.6. The summed E-state index contributed by atoms with van der Waals surface area (Å²) in [5.74, 6) is -0.911. The molecule has 3 rings (SSSR count). The predicted molar refractivity (Wildman–Crippen MR) is 104 cm³/mol.